The van der Waals surface area contributed by atoms with E-state index < -0.39 is 0 Å². The molecule has 1 saturated carbocycles. The van der Waals surface area contributed by atoms with Crippen LogP contribution in [0.2, 0.25) is 0 Å². The molecular formula is C14H20S. The lowest BCUT2D eigenvalue weighted by atomic mass is 9.63. The molecule has 3 rings (SSSR count). The van der Waals surface area contributed by atoms with Crippen molar-refractivity contribution in [2.24, 2.45) is 17.8 Å². The van der Waals surface area contributed by atoms with Crippen LogP contribution in [0.5, 0.6) is 0 Å². The van der Waals surface area contributed by atoms with Crippen LogP contribution in [0, 0.1) is 17.8 Å². The first kappa shape index (κ1) is 9.89. The molecule has 1 aromatic rings. The third-order valence-corrected chi connectivity index (χ3v) is 5.84. The van der Waals surface area contributed by atoms with Gasteiger partial charge in [0.15, 0.2) is 0 Å². The standard InChI is InChI=1S/C14H20S/c1-4-14(9(2)3)11-5-6-15-13(11)8-10-7-12(10)14/h5-6,9-10,12H,4,7-8H2,1-3H3. The summed E-state index contributed by atoms with van der Waals surface area (Å²) in [7, 11) is 0. The Hall–Kier alpha value is -0.300. The smallest absolute Gasteiger partial charge is 0.00859 e. The fourth-order valence-electron chi connectivity index (χ4n) is 4.06. The van der Waals surface area contributed by atoms with Crippen molar-refractivity contribution in [2.45, 2.75) is 45.4 Å². The minimum absolute atomic E-state index is 0.526. The van der Waals surface area contributed by atoms with Crippen LogP contribution in [-0.2, 0) is 11.8 Å². The molecule has 1 heterocycles. The lowest BCUT2D eigenvalue weighted by molar-refractivity contribution is 0.230. The average molecular weight is 220 g/mol. The number of hydrogen-bond acceptors (Lipinski definition) is 1. The molecule has 3 unspecified atom stereocenters. The van der Waals surface area contributed by atoms with E-state index in [1.165, 1.54) is 19.3 Å². The highest BCUT2D eigenvalue weighted by Crippen LogP contribution is 2.63. The van der Waals surface area contributed by atoms with Crippen molar-refractivity contribution in [2.75, 3.05) is 0 Å². The molecule has 1 heteroatoms. The van der Waals surface area contributed by atoms with Crippen LogP contribution in [0.15, 0.2) is 11.4 Å². The molecule has 0 bridgehead atoms. The summed E-state index contributed by atoms with van der Waals surface area (Å²) in [6, 6.07) is 2.41. The van der Waals surface area contributed by atoms with Gasteiger partial charge in [0.1, 0.15) is 0 Å². The summed E-state index contributed by atoms with van der Waals surface area (Å²) in [5.41, 5.74) is 2.24. The summed E-state index contributed by atoms with van der Waals surface area (Å²) in [6.07, 6.45) is 4.20. The number of fused-ring (bicyclic) bond motifs is 2. The van der Waals surface area contributed by atoms with Gasteiger partial charge >= 0.3 is 0 Å². The molecule has 0 saturated heterocycles. The van der Waals surface area contributed by atoms with Gasteiger partial charge in [-0.1, -0.05) is 20.8 Å². The molecule has 1 aromatic heterocycles. The summed E-state index contributed by atoms with van der Waals surface area (Å²) in [5, 5.41) is 2.31. The number of rotatable bonds is 2. The maximum absolute atomic E-state index is 2.42. The second-order valence-corrected chi connectivity index (χ2v) is 6.61. The molecule has 2 aliphatic rings. The van der Waals surface area contributed by atoms with Gasteiger partial charge in [0.2, 0.25) is 0 Å². The highest BCUT2D eigenvalue weighted by Gasteiger charge is 2.57. The lowest BCUT2D eigenvalue weighted by Crippen LogP contribution is -2.37. The van der Waals surface area contributed by atoms with Crippen LogP contribution in [0.25, 0.3) is 0 Å². The second kappa shape index (κ2) is 3.10. The van der Waals surface area contributed by atoms with Gasteiger partial charge in [-0.2, -0.15) is 0 Å². The summed E-state index contributed by atoms with van der Waals surface area (Å²) in [4.78, 5) is 1.70. The minimum atomic E-state index is 0.526. The van der Waals surface area contributed by atoms with Gasteiger partial charge in [0.05, 0.1) is 0 Å². The number of hydrogen-bond donors (Lipinski definition) is 0. The first-order valence-corrected chi connectivity index (χ1v) is 7.15. The molecule has 0 aromatic carbocycles. The maximum atomic E-state index is 2.42. The first-order chi connectivity index (χ1) is 7.20. The zero-order valence-corrected chi connectivity index (χ0v) is 10.7. The van der Waals surface area contributed by atoms with Gasteiger partial charge in [-0.25, -0.2) is 0 Å². The molecule has 0 amide bonds. The molecule has 0 nitrogen and oxygen atoms in total. The Morgan fingerprint density at radius 3 is 3.00 bits per heavy atom. The van der Waals surface area contributed by atoms with Crippen molar-refractivity contribution in [1.29, 1.82) is 0 Å². The van der Waals surface area contributed by atoms with E-state index in [2.05, 4.69) is 32.2 Å². The summed E-state index contributed by atoms with van der Waals surface area (Å²) in [6.45, 7) is 7.24. The van der Waals surface area contributed by atoms with E-state index in [1.807, 2.05) is 11.3 Å². The average Bonchev–Trinajstić information content (AvgIpc) is 2.82. The molecule has 3 atom stereocenters. The van der Waals surface area contributed by atoms with E-state index >= 15 is 0 Å². The molecule has 2 aliphatic carbocycles. The zero-order chi connectivity index (χ0) is 10.6. The Kier molecular flexibility index (Phi) is 2.04. The summed E-state index contributed by atoms with van der Waals surface area (Å²) >= 11 is 1.99. The molecular weight excluding hydrogens is 200 g/mol. The molecule has 0 aliphatic heterocycles. The number of thiophene rings is 1. The van der Waals surface area contributed by atoms with Crippen LogP contribution >= 0.6 is 11.3 Å². The fourth-order valence-corrected chi connectivity index (χ4v) is 5.12. The Labute approximate surface area is 96.7 Å². The Morgan fingerprint density at radius 2 is 2.33 bits per heavy atom. The molecule has 1 fully saturated rings. The van der Waals surface area contributed by atoms with Gasteiger partial charge in [-0.3, -0.25) is 0 Å². The fraction of sp³-hybridized carbons (Fsp3) is 0.714. The van der Waals surface area contributed by atoms with Gasteiger partial charge in [0, 0.05) is 10.3 Å². The van der Waals surface area contributed by atoms with Gasteiger partial charge in [0.25, 0.3) is 0 Å². The second-order valence-electron chi connectivity index (χ2n) is 5.61. The van der Waals surface area contributed by atoms with E-state index in [0.29, 0.717) is 5.41 Å². The van der Waals surface area contributed by atoms with Crippen LogP contribution in [0.1, 0.15) is 44.1 Å². The highest BCUT2D eigenvalue weighted by molar-refractivity contribution is 7.10. The van der Waals surface area contributed by atoms with Crippen molar-refractivity contribution in [3.63, 3.8) is 0 Å². The third kappa shape index (κ3) is 1.13. The Balaban J connectivity index is 2.15. The van der Waals surface area contributed by atoms with Crippen molar-refractivity contribution in [3.8, 4) is 0 Å². The third-order valence-electron chi connectivity index (χ3n) is 4.89. The van der Waals surface area contributed by atoms with Crippen molar-refractivity contribution in [3.05, 3.63) is 21.9 Å². The Morgan fingerprint density at radius 1 is 1.53 bits per heavy atom. The van der Waals surface area contributed by atoms with Crippen molar-refractivity contribution in [1.82, 2.24) is 0 Å². The maximum Gasteiger partial charge on any atom is 0.00859 e. The molecule has 0 radical (unpaired) electrons. The predicted molar refractivity (Wildman–Crippen MR) is 66.4 cm³/mol. The van der Waals surface area contributed by atoms with Crippen LogP contribution in [-0.4, -0.2) is 0 Å². The van der Waals surface area contributed by atoms with E-state index in [9.17, 15) is 0 Å². The molecule has 82 valence electrons. The molecule has 0 N–H and O–H groups in total. The van der Waals surface area contributed by atoms with Crippen LogP contribution in [0.3, 0.4) is 0 Å². The molecule has 15 heavy (non-hydrogen) atoms. The van der Waals surface area contributed by atoms with Crippen molar-refractivity contribution >= 4 is 11.3 Å². The monoisotopic (exact) mass is 220 g/mol. The van der Waals surface area contributed by atoms with Gasteiger partial charge < -0.3 is 0 Å². The summed E-state index contributed by atoms with van der Waals surface area (Å²) in [5.74, 6) is 2.83. The van der Waals surface area contributed by atoms with Gasteiger partial charge in [-0.15, -0.1) is 11.3 Å². The lowest BCUT2D eigenvalue weighted by Gasteiger charge is -2.41. The SMILES string of the molecule is CCC1(C(C)C)c2ccsc2CC2CC21. The summed E-state index contributed by atoms with van der Waals surface area (Å²) < 4.78 is 0. The van der Waals surface area contributed by atoms with E-state index in [4.69, 9.17) is 0 Å². The minimum Gasteiger partial charge on any atom is -0.149 e. The Bertz CT molecular complexity index is 376. The normalized spacial score (nSPS) is 37.6. The largest absolute Gasteiger partial charge is 0.149 e. The van der Waals surface area contributed by atoms with E-state index in [0.717, 1.165) is 17.8 Å². The topological polar surface area (TPSA) is 0 Å². The molecule has 0 spiro atoms. The van der Waals surface area contributed by atoms with Crippen LogP contribution < -0.4 is 0 Å². The predicted octanol–water partition coefficient (Wildman–Crippen LogP) is 4.24. The quantitative estimate of drug-likeness (QED) is 0.699. The zero-order valence-electron chi connectivity index (χ0n) is 9.92. The highest BCUT2D eigenvalue weighted by atomic mass is 32.1. The van der Waals surface area contributed by atoms with Crippen LogP contribution in [0.4, 0.5) is 0 Å². The first-order valence-electron chi connectivity index (χ1n) is 6.27. The van der Waals surface area contributed by atoms with E-state index in [1.54, 1.807) is 10.4 Å². The van der Waals surface area contributed by atoms with E-state index in [-0.39, 0.29) is 0 Å². The van der Waals surface area contributed by atoms with Crippen molar-refractivity contribution < 1.29 is 0 Å². The van der Waals surface area contributed by atoms with Gasteiger partial charge in [-0.05, 0) is 54.0 Å².